The summed E-state index contributed by atoms with van der Waals surface area (Å²) in [6, 6.07) is 9.85. The van der Waals surface area contributed by atoms with Crippen LogP contribution in [0.2, 0.25) is 10.0 Å². The van der Waals surface area contributed by atoms with Gasteiger partial charge < -0.3 is 10.2 Å². The summed E-state index contributed by atoms with van der Waals surface area (Å²) >= 11 is 11.8. The predicted molar refractivity (Wildman–Crippen MR) is 96.6 cm³/mol. The number of nitrogens with one attached hydrogen (secondary N) is 1. The number of carbonyl (C=O) groups excluding carboxylic acids is 2. The fourth-order valence-corrected chi connectivity index (χ4v) is 2.77. The summed E-state index contributed by atoms with van der Waals surface area (Å²) in [6.45, 7) is 0. The Morgan fingerprint density at radius 2 is 1.62 bits per heavy atom. The maximum Gasteiger partial charge on any atom is 0.409 e. The van der Waals surface area contributed by atoms with Gasteiger partial charge in [-0.2, -0.15) is 0 Å². The number of halogens is 2. The van der Waals surface area contributed by atoms with Gasteiger partial charge in [0.15, 0.2) is 5.76 Å². The molecule has 0 bridgehead atoms. The standard InChI is InChI=1S/C17H10Cl2N2O5/c18-11-6-5-10(7-12(11)19)21-15(23)13(14(22)16(21)24)8-1-3-9(4-2-8)20-17(25)26/h1-7,20,22H,(H,25,26). The van der Waals surface area contributed by atoms with E-state index in [4.69, 9.17) is 28.3 Å². The van der Waals surface area contributed by atoms with Crippen LogP contribution in [0.5, 0.6) is 0 Å². The van der Waals surface area contributed by atoms with Crippen molar-refractivity contribution in [1.82, 2.24) is 0 Å². The summed E-state index contributed by atoms with van der Waals surface area (Å²) in [7, 11) is 0. The molecule has 0 unspecified atom stereocenters. The third-order valence-corrected chi connectivity index (χ3v) is 4.38. The quantitative estimate of drug-likeness (QED) is 0.686. The predicted octanol–water partition coefficient (Wildman–Crippen LogP) is 3.93. The molecule has 132 valence electrons. The summed E-state index contributed by atoms with van der Waals surface area (Å²) in [6.07, 6.45) is -1.24. The van der Waals surface area contributed by atoms with Gasteiger partial charge in [-0.15, -0.1) is 0 Å². The van der Waals surface area contributed by atoms with Gasteiger partial charge in [0.2, 0.25) is 0 Å². The largest absolute Gasteiger partial charge is 0.502 e. The molecule has 0 aliphatic carbocycles. The molecule has 26 heavy (non-hydrogen) atoms. The lowest BCUT2D eigenvalue weighted by Crippen LogP contribution is -2.31. The van der Waals surface area contributed by atoms with Crippen molar-refractivity contribution in [3.05, 3.63) is 63.8 Å². The lowest BCUT2D eigenvalue weighted by atomic mass is 10.1. The summed E-state index contributed by atoms with van der Waals surface area (Å²) in [5, 5.41) is 21.4. The molecule has 0 radical (unpaired) electrons. The Bertz CT molecular complexity index is 970. The topological polar surface area (TPSA) is 107 Å². The van der Waals surface area contributed by atoms with Crippen LogP contribution in [0.1, 0.15) is 5.56 Å². The molecule has 0 saturated carbocycles. The first kappa shape index (κ1) is 17.8. The van der Waals surface area contributed by atoms with Gasteiger partial charge in [-0.3, -0.25) is 14.9 Å². The summed E-state index contributed by atoms with van der Waals surface area (Å²) in [4.78, 5) is 36.4. The second-order valence-electron chi connectivity index (χ2n) is 5.28. The van der Waals surface area contributed by atoms with E-state index in [0.29, 0.717) is 0 Å². The lowest BCUT2D eigenvalue weighted by Gasteiger charge is -2.15. The number of carboxylic acid groups (broad SMARTS) is 1. The monoisotopic (exact) mass is 392 g/mol. The van der Waals surface area contributed by atoms with Crippen LogP contribution in [0, 0.1) is 0 Å². The highest BCUT2D eigenvalue weighted by atomic mass is 35.5. The minimum Gasteiger partial charge on any atom is -0.502 e. The number of amides is 3. The van der Waals surface area contributed by atoms with Gasteiger partial charge in [0, 0.05) is 5.69 Å². The zero-order valence-corrected chi connectivity index (χ0v) is 14.4. The molecule has 3 N–H and O–H groups in total. The first-order chi connectivity index (χ1) is 12.3. The Morgan fingerprint density at radius 3 is 2.19 bits per heavy atom. The van der Waals surface area contributed by atoms with Gasteiger partial charge in [0.1, 0.15) is 0 Å². The maximum absolute atomic E-state index is 12.7. The van der Waals surface area contributed by atoms with E-state index in [1.807, 2.05) is 0 Å². The van der Waals surface area contributed by atoms with E-state index in [9.17, 15) is 19.5 Å². The second-order valence-corrected chi connectivity index (χ2v) is 6.09. The van der Waals surface area contributed by atoms with Crippen molar-refractivity contribution >= 4 is 58.1 Å². The molecule has 7 nitrogen and oxygen atoms in total. The fraction of sp³-hybridized carbons (Fsp3) is 0. The Balaban J connectivity index is 1.96. The Labute approximate surface area is 157 Å². The van der Waals surface area contributed by atoms with Crippen LogP contribution in [0.3, 0.4) is 0 Å². The van der Waals surface area contributed by atoms with Crippen LogP contribution in [-0.2, 0) is 9.59 Å². The Hall–Kier alpha value is -3.03. The number of aliphatic hydroxyl groups excluding tert-OH is 1. The van der Waals surface area contributed by atoms with Crippen molar-refractivity contribution in [2.45, 2.75) is 0 Å². The van der Waals surface area contributed by atoms with Crippen LogP contribution in [0.25, 0.3) is 5.57 Å². The number of carbonyl (C=O) groups is 3. The van der Waals surface area contributed by atoms with Crippen LogP contribution >= 0.6 is 23.2 Å². The van der Waals surface area contributed by atoms with Gasteiger partial charge in [0.05, 0.1) is 21.3 Å². The normalized spacial score (nSPS) is 14.2. The number of anilines is 2. The number of benzene rings is 2. The average molecular weight is 393 g/mol. The van der Waals surface area contributed by atoms with Gasteiger partial charge in [-0.1, -0.05) is 35.3 Å². The van der Waals surface area contributed by atoms with Gasteiger partial charge in [0.25, 0.3) is 5.91 Å². The molecule has 9 heteroatoms. The van der Waals surface area contributed by atoms with Crippen LogP contribution < -0.4 is 10.2 Å². The highest BCUT2D eigenvalue weighted by Crippen LogP contribution is 2.34. The number of hydrogen-bond donors (Lipinski definition) is 3. The third kappa shape index (κ3) is 3.10. The molecule has 1 aliphatic heterocycles. The molecular weight excluding hydrogens is 383 g/mol. The number of aliphatic hydroxyl groups is 1. The fourth-order valence-electron chi connectivity index (χ4n) is 2.48. The lowest BCUT2D eigenvalue weighted by molar-refractivity contribution is -0.121. The van der Waals surface area contributed by atoms with Crippen molar-refractivity contribution in [3.63, 3.8) is 0 Å². The second kappa shape index (κ2) is 6.70. The van der Waals surface area contributed by atoms with Crippen molar-refractivity contribution in [2.24, 2.45) is 0 Å². The molecule has 2 aromatic rings. The van der Waals surface area contributed by atoms with E-state index >= 15 is 0 Å². The van der Waals surface area contributed by atoms with Gasteiger partial charge >= 0.3 is 12.0 Å². The average Bonchev–Trinajstić information content (AvgIpc) is 2.80. The van der Waals surface area contributed by atoms with Crippen LogP contribution in [-0.4, -0.2) is 28.1 Å². The zero-order chi connectivity index (χ0) is 19.0. The van der Waals surface area contributed by atoms with E-state index < -0.39 is 23.7 Å². The molecule has 0 atom stereocenters. The number of hydrogen-bond acceptors (Lipinski definition) is 4. The van der Waals surface area contributed by atoms with E-state index in [-0.39, 0.29) is 32.6 Å². The van der Waals surface area contributed by atoms with E-state index in [1.165, 1.54) is 42.5 Å². The van der Waals surface area contributed by atoms with Crippen LogP contribution in [0.15, 0.2) is 48.2 Å². The summed E-state index contributed by atoms with van der Waals surface area (Å²) in [5.41, 5.74) is 0.516. The molecule has 0 aromatic heterocycles. The molecular formula is C17H10Cl2N2O5. The Morgan fingerprint density at radius 1 is 0.962 bits per heavy atom. The minimum absolute atomic E-state index is 0.154. The Kier molecular flexibility index (Phi) is 4.58. The van der Waals surface area contributed by atoms with Crippen molar-refractivity contribution in [3.8, 4) is 0 Å². The smallest absolute Gasteiger partial charge is 0.409 e. The summed E-state index contributed by atoms with van der Waals surface area (Å²) < 4.78 is 0. The molecule has 1 aliphatic rings. The molecule has 0 fully saturated rings. The maximum atomic E-state index is 12.7. The first-order valence-corrected chi connectivity index (χ1v) is 7.92. The minimum atomic E-state index is -1.24. The van der Waals surface area contributed by atoms with E-state index in [0.717, 1.165) is 4.90 Å². The highest BCUT2D eigenvalue weighted by Gasteiger charge is 2.40. The van der Waals surface area contributed by atoms with Crippen molar-refractivity contribution < 1.29 is 24.6 Å². The SMILES string of the molecule is O=C(O)Nc1ccc(C2=C(O)C(=O)N(c3ccc(Cl)c(Cl)c3)C2=O)cc1. The van der Waals surface area contributed by atoms with Gasteiger partial charge in [-0.05, 0) is 35.9 Å². The van der Waals surface area contributed by atoms with Gasteiger partial charge in [-0.25, -0.2) is 9.69 Å². The van der Waals surface area contributed by atoms with Crippen molar-refractivity contribution in [2.75, 3.05) is 10.2 Å². The number of nitrogens with zero attached hydrogens (tertiary/aromatic N) is 1. The number of imide groups is 1. The molecule has 1 heterocycles. The van der Waals surface area contributed by atoms with Crippen LogP contribution in [0.4, 0.5) is 16.2 Å². The molecule has 3 rings (SSSR count). The first-order valence-electron chi connectivity index (χ1n) is 7.17. The summed E-state index contributed by atoms with van der Waals surface area (Å²) in [5.74, 6) is -2.33. The number of rotatable bonds is 3. The van der Waals surface area contributed by atoms with E-state index in [1.54, 1.807) is 0 Å². The molecule has 3 amide bonds. The van der Waals surface area contributed by atoms with E-state index in [2.05, 4.69) is 5.32 Å². The zero-order valence-electron chi connectivity index (χ0n) is 12.9. The third-order valence-electron chi connectivity index (χ3n) is 3.65. The van der Waals surface area contributed by atoms with Crippen molar-refractivity contribution in [1.29, 1.82) is 0 Å². The molecule has 2 aromatic carbocycles. The molecule has 0 spiro atoms. The highest BCUT2D eigenvalue weighted by molar-refractivity contribution is 6.46. The molecule has 0 saturated heterocycles.